The van der Waals surface area contributed by atoms with E-state index in [9.17, 15) is 19.5 Å². The summed E-state index contributed by atoms with van der Waals surface area (Å²) in [7, 11) is 2.89. The Labute approximate surface area is 215 Å². The van der Waals surface area contributed by atoms with Gasteiger partial charge in [-0.1, -0.05) is 42.0 Å². The Morgan fingerprint density at radius 2 is 1.65 bits per heavy atom. The number of Topliss-reactive ketones (excluding diaryl/α,β-unsaturated/α-hetero) is 1. The molecule has 1 N–H and O–H groups in total. The molecule has 1 atom stereocenters. The van der Waals surface area contributed by atoms with E-state index in [0.29, 0.717) is 33.7 Å². The molecule has 0 spiro atoms. The van der Waals surface area contributed by atoms with Gasteiger partial charge in [-0.2, -0.15) is 0 Å². The van der Waals surface area contributed by atoms with E-state index in [2.05, 4.69) is 0 Å². The number of rotatable bonds is 6. The van der Waals surface area contributed by atoms with E-state index < -0.39 is 17.7 Å². The maximum absolute atomic E-state index is 13.4. The van der Waals surface area contributed by atoms with E-state index in [-0.39, 0.29) is 23.7 Å². The van der Waals surface area contributed by atoms with Crippen LogP contribution in [0.15, 0.2) is 66.2 Å². The maximum Gasteiger partial charge on any atom is 0.309 e. The van der Waals surface area contributed by atoms with Crippen LogP contribution in [0.3, 0.4) is 0 Å². The minimum absolute atomic E-state index is 0.0157. The van der Waals surface area contributed by atoms with Crippen LogP contribution < -0.4 is 9.64 Å². The van der Waals surface area contributed by atoms with Crippen molar-refractivity contribution in [2.45, 2.75) is 33.2 Å². The van der Waals surface area contributed by atoms with Gasteiger partial charge in [0.1, 0.15) is 11.5 Å². The smallest absolute Gasteiger partial charge is 0.309 e. The largest absolute Gasteiger partial charge is 0.507 e. The molecular formula is C30H29NO6. The summed E-state index contributed by atoms with van der Waals surface area (Å²) >= 11 is 0. The first kappa shape index (κ1) is 25.7. The molecule has 0 aromatic heterocycles. The standard InChI is InChI=1S/C30H29NO6/c1-17-7-6-8-21(13-17)27-26(28(33)23-14-19(3)24(36-4)15-18(23)2)29(34)30(35)31(27)22-11-9-20(10-12-22)16-25(32)37-5/h6-15,27,33H,16H2,1-5H3/b28-26+. The first-order chi connectivity index (χ1) is 17.7. The number of nitrogens with zero attached hydrogens (tertiary/aromatic N) is 1. The molecule has 1 aliphatic rings. The number of aliphatic hydroxyl groups is 1. The highest BCUT2D eigenvalue weighted by atomic mass is 16.5. The number of hydrogen-bond acceptors (Lipinski definition) is 6. The Kier molecular flexibility index (Phi) is 7.16. The highest BCUT2D eigenvalue weighted by Crippen LogP contribution is 2.43. The number of anilines is 1. The summed E-state index contributed by atoms with van der Waals surface area (Å²) in [5.41, 5.74) is 4.81. The van der Waals surface area contributed by atoms with Crippen molar-refractivity contribution in [1.82, 2.24) is 0 Å². The zero-order valence-corrected chi connectivity index (χ0v) is 21.5. The number of carbonyl (C=O) groups is 3. The Bertz CT molecular complexity index is 1420. The van der Waals surface area contributed by atoms with Crippen LogP contribution in [0.4, 0.5) is 5.69 Å². The molecule has 0 radical (unpaired) electrons. The molecule has 7 heteroatoms. The van der Waals surface area contributed by atoms with E-state index in [1.54, 1.807) is 43.5 Å². The van der Waals surface area contributed by atoms with Gasteiger partial charge in [-0.3, -0.25) is 19.3 Å². The predicted molar refractivity (Wildman–Crippen MR) is 141 cm³/mol. The van der Waals surface area contributed by atoms with E-state index in [1.165, 1.54) is 12.0 Å². The third-order valence-electron chi connectivity index (χ3n) is 6.59. The van der Waals surface area contributed by atoms with Crippen molar-refractivity contribution >= 4 is 29.1 Å². The van der Waals surface area contributed by atoms with E-state index in [1.807, 2.05) is 45.0 Å². The Morgan fingerprint density at radius 1 is 0.946 bits per heavy atom. The number of carbonyl (C=O) groups excluding carboxylic acids is 3. The number of aliphatic hydroxyl groups excluding tert-OH is 1. The summed E-state index contributed by atoms with van der Waals surface area (Å²) in [6.45, 7) is 5.59. The lowest BCUT2D eigenvalue weighted by molar-refractivity contribution is -0.139. The van der Waals surface area contributed by atoms with Crippen molar-refractivity contribution in [3.05, 3.63) is 99.6 Å². The average Bonchev–Trinajstić information content (AvgIpc) is 3.15. The van der Waals surface area contributed by atoms with Crippen LogP contribution in [0.5, 0.6) is 5.75 Å². The number of amides is 1. The molecule has 3 aromatic carbocycles. The van der Waals surface area contributed by atoms with Crippen LogP contribution in [-0.2, 0) is 25.5 Å². The molecule has 0 saturated carbocycles. The maximum atomic E-state index is 13.4. The molecule has 4 rings (SSSR count). The number of ether oxygens (including phenoxy) is 2. The fourth-order valence-electron chi connectivity index (χ4n) is 4.68. The minimum atomic E-state index is -0.840. The Morgan fingerprint density at radius 3 is 2.27 bits per heavy atom. The zero-order valence-electron chi connectivity index (χ0n) is 21.5. The summed E-state index contributed by atoms with van der Waals surface area (Å²) in [5, 5.41) is 11.5. The van der Waals surface area contributed by atoms with Crippen LogP contribution in [0, 0.1) is 20.8 Å². The van der Waals surface area contributed by atoms with Crippen LogP contribution in [0.25, 0.3) is 5.76 Å². The van der Waals surface area contributed by atoms with E-state index in [0.717, 1.165) is 11.1 Å². The van der Waals surface area contributed by atoms with Gasteiger partial charge in [0.25, 0.3) is 11.7 Å². The third-order valence-corrected chi connectivity index (χ3v) is 6.59. The van der Waals surface area contributed by atoms with Gasteiger partial charge in [0.2, 0.25) is 0 Å². The van der Waals surface area contributed by atoms with Gasteiger partial charge in [-0.15, -0.1) is 0 Å². The lowest BCUT2D eigenvalue weighted by Crippen LogP contribution is -2.29. The second-order valence-corrected chi connectivity index (χ2v) is 9.14. The molecule has 1 saturated heterocycles. The first-order valence-corrected chi connectivity index (χ1v) is 11.8. The SMILES string of the molecule is COC(=O)Cc1ccc(N2C(=O)C(=O)/C(=C(/O)c3cc(C)c(OC)cc3C)C2c2cccc(C)c2)cc1. The highest BCUT2D eigenvalue weighted by molar-refractivity contribution is 6.51. The lowest BCUT2D eigenvalue weighted by Gasteiger charge is -2.26. The summed E-state index contributed by atoms with van der Waals surface area (Å²) in [6, 6.07) is 17.0. The van der Waals surface area contributed by atoms with Crippen LogP contribution in [-0.4, -0.2) is 37.0 Å². The van der Waals surface area contributed by atoms with Gasteiger partial charge in [-0.05, 0) is 67.3 Å². The second-order valence-electron chi connectivity index (χ2n) is 9.14. The average molecular weight is 500 g/mol. The molecule has 1 amide bonds. The molecule has 190 valence electrons. The van der Waals surface area contributed by atoms with Gasteiger partial charge >= 0.3 is 5.97 Å². The molecule has 1 heterocycles. The lowest BCUT2D eigenvalue weighted by atomic mass is 9.92. The summed E-state index contributed by atoms with van der Waals surface area (Å²) in [5.74, 6) is -1.46. The number of benzene rings is 3. The molecule has 1 aliphatic heterocycles. The monoisotopic (exact) mass is 499 g/mol. The molecule has 1 unspecified atom stereocenters. The van der Waals surface area contributed by atoms with E-state index in [4.69, 9.17) is 9.47 Å². The number of hydrogen-bond donors (Lipinski definition) is 1. The topological polar surface area (TPSA) is 93.1 Å². The van der Waals surface area contributed by atoms with Crippen LogP contribution >= 0.6 is 0 Å². The molecule has 0 bridgehead atoms. The second kappa shape index (κ2) is 10.3. The quantitative estimate of drug-likeness (QED) is 0.223. The van der Waals surface area contributed by atoms with Crippen molar-refractivity contribution in [3.8, 4) is 5.75 Å². The number of esters is 1. The molecule has 7 nitrogen and oxygen atoms in total. The van der Waals surface area contributed by atoms with Gasteiger partial charge < -0.3 is 14.6 Å². The number of methoxy groups -OCH3 is 2. The summed E-state index contributed by atoms with van der Waals surface area (Å²) < 4.78 is 10.1. The van der Waals surface area contributed by atoms with Crippen LogP contribution in [0.1, 0.15) is 39.4 Å². The predicted octanol–water partition coefficient (Wildman–Crippen LogP) is 4.96. The van der Waals surface area contributed by atoms with Gasteiger partial charge in [0, 0.05) is 11.3 Å². The number of ketones is 1. The minimum Gasteiger partial charge on any atom is -0.507 e. The van der Waals surface area contributed by atoms with Crippen LogP contribution in [0.2, 0.25) is 0 Å². The molecule has 0 aliphatic carbocycles. The van der Waals surface area contributed by atoms with Crippen molar-refractivity contribution in [2.24, 2.45) is 0 Å². The van der Waals surface area contributed by atoms with Crippen molar-refractivity contribution in [3.63, 3.8) is 0 Å². The van der Waals surface area contributed by atoms with Crippen molar-refractivity contribution < 1.29 is 29.0 Å². The highest BCUT2D eigenvalue weighted by Gasteiger charge is 2.47. The zero-order chi connectivity index (χ0) is 26.9. The summed E-state index contributed by atoms with van der Waals surface area (Å²) in [4.78, 5) is 39.9. The van der Waals surface area contributed by atoms with Crippen molar-refractivity contribution in [1.29, 1.82) is 0 Å². The molecular weight excluding hydrogens is 470 g/mol. The molecule has 1 fully saturated rings. The Balaban J connectivity index is 1.89. The Hall–Kier alpha value is -4.39. The normalized spacial score (nSPS) is 16.7. The summed E-state index contributed by atoms with van der Waals surface area (Å²) in [6.07, 6.45) is 0.0903. The first-order valence-electron chi connectivity index (χ1n) is 11.8. The van der Waals surface area contributed by atoms with Gasteiger partial charge in [0.15, 0.2) is 0 Å². The third kappa shape index (κ3) is 4.85. The molecule has 3 aromatic rings. The van der Waals surface area contributed by atoms with Gasteiger partial charge in [-0.25, -0.2) is 0 Å². The fourth-order valence-corrected chi connectivity index (χ4v) is 4.68. The number of aryl methyl sites for hydroxylation is 3. The van der Waals surface area contributed by atoms with Crippen molar-refractivity contribution in [2.75, 3.05) is 19.1 Å². The fraction of sp³-hybridized carbons (Fsp3) is 0.233. The molecule has 37 heavy (non-hydrogen) atoms. The van der Waals surface area contributed by atoms with Gasteiger partial charge in [0.05, 0.1) is 32.3 Å². The van der Waals surface area contributed by atoms with E-state index >= 15 is 0 Å².